The zero-order valence-corrected chi connectivity index (χ0v) is 36.5. The van der Waals surface area contributed by atoms with Crippen molar-refractivity contribution in [2.45, 2.75) is 36.5 Å². The second-order valence-corrected chi connectivity index (χ2v) is 19.7. The van der Waals surface area contributed by atoms with Gasteiger partial charge < -0.3 is 14.5 Å². The molecule has 0 atom stereocenters. The third kappa shape index (κ3) is 10.2. The first kappa shape index (κ1) is 43.3. The summed E-state index contributed by atoms with van der Waals surface area (Å²) in [5, 5.41) is 5.83. The van der Waals surface area contributed by atoms with Crippen LogP contribution in [0.15, 0.2) is 118 Å². The summed E-state index contributed by atoms with van der Waals surface area (Å²) in [5.41, 5.74) is 5.27. The number of aromatic nitrogens is 2. The number of sulfonamides is 2. The van der Waals surface area contributed by atoms with E-state index in [1.807, 2.05) is 41.9 Å². The van der Waals surface area contributed by atoms with E-state index >= 15 is 0 Å². The summed E-state index contributed by atoms with van der Waals surface area (Å²) in [7, 11) is -7.23. The van der Waals surface area contributed by atoms with Gasteiger partial charge in [-0.2, -0.15) is 8.61 Å². The van der Waals surface area contributed by atoms with Crippen molar-refractivity contribution in [3.8, 4) is 28.3 Å². The van der Waals surface area contributed by atoms with Gasteiger partial charge in [-0.3, -0.25) is 0 Å². The molecule has 0 radical (unpaired) electrons. The Morgan fingerprint density at radius 2 is 0.967 bits per heavy atom. The zero-order chi connectivity index (χ0) is 42.3. The van der Waals surface area contributed by atoms with E-state index in [9.17, 15) is 25.6 Å². The topological polar surface area (TPSA) is 116 Å². The van der Waals surface area contributed by atoms with E-state index in [0.29, 0.717) is 59.0 Å². The summed E-state index contributed by atoms with van der Waals surface area (Å²) in [5.74, 6) is -0.0700. The van der Waals surface area contributed by atoms with Crippen molar-refractivity contribution in [3.05, 3.63) is 125 Å². The average molecular weight is 893 g/mol. The molecule has 2 aliphatic heterocycles. The standard InChI is InChI=1S/C22H24FN3O2S2.C21H22FN3O3S2/c1-2-3-17-4-6-18(7-5-17)21-16-29-22(24-21)25-12-14-26(15-13-25)30(27,28)20-10-8-19(23)9-11-20;1-2-28-18-7-3-16(4-8-18)20-15-29-21(23-20)24-11-13-25(14-12-24)30(26,27)19-9-5-17(22)6-10-19/h4-11,16H,2-3,12-15H2,1H3;3-10,15H,2,11-14H2,1H3. The lowest BCUT2D eigenvalue weighted by Crippen LogP contribution is -2.48. The Morgan fingerprint density at radius 3 is 1.35 bits per heavy atom. The largest absolute Gasteiger partial charge is 0.494 e. The molecule has 4 heterocycles. The van der Waals surface area contributed by atoms with Crippen molar-refractivity contribution in [3.63, 3.8) is 0 Å². The van der Waals surface area contributed by atoms with Crippen molar-refractivity contribution in [2.24, 2.45) is 0 Å². The molecule has 60 heavy (non-hydrogen) atoms. The van der Waals surface area contributed by atoms with Gasteiger partial charge in [-0.05, 0) is 91.7 Å². The minimum absolute atomic E-state index is 0.115. The second kappa shape index (κ2) is 19.3. The van der Waals surface area contributed by atoms with Crippen molar-refractivity contribution in [2.75, 3.05) is 68.8 Å². The number of rotatable bonds is 12. The van der Waals surface area contributed by atoms with Gasteiger partial charge in [0.05, 0.1) is 27.8 Å². The number of hydrogen-bond donors (Lipinski definition) is 0. The summed E-state index contributed by atoms with van der Waals surface area (Å²) in [6, 6.07) is 26.3. The summed E-state index contributed by atoms with van der Waals surface area (Å²) in [4.78, 5) is 14.0. The van der Waals surface area contributed by atoms with Crippen molar-refractivity contribution >= 4 is 53.0 Å². The van der Waals surface area contributed by atoms with Crippen LogP contribution in [0.2, 0.25) is 0 Å². The fraction of sp³-hybridized carbons (Fsp3) is 0.302. The number of benzene rings is 4. The molecule has 11 nitrogen and oxygen atoms in total. The molecule has 0 aliphatic carbocycles. The summed E-state index contributed by atoms with van der Waals surface area (Å²) in [6.07, 6.45) is 2.21. The van der Waals surface area contributed by atoms with Crippen molar-refractivity contribution in [1.29, 1.82) is 0 Å². The molecule has 8 rings (SSSR count). The molecule has 0 N–H and O–H groups in total. The Labute approximate surface area is 358 Å². The number of thiazole rings is 2. The van der Waals surface area contributed by atoms with E-state index in [2.05, 4.69) is 41.0 Å². The number of ether oxygens (including phenoxy) is 1. The third-order valence-corrected chi connectivity index (χ3v) is 15.8. The number of nitrogens with zero attached hydrogens (tertiary/aromatic N) is 6. The molecule has 2 aromatic heterocycles. The maximum absolute atomic E-state index is 13.1. The molecule has 0 unspecified atom stereocenters. The Balaban J connectivity index is 0.000000181. The Hall–Kier alpha value is -4.78. The van der Waals surface area contributed by atoms with Gasteiger partial charge in [-0.15, -0.1) is 22.7 Å². The van der Waals surface area contributed by atoms with Crippen LogP contribution in [0.1, 0.15) is 25.8 Å². The lowest BCUT2D eigenvalue weighted by molar-refractivity contribution is 0.340. The van der Waals surface area contributed by atoms with Crippen LogP contribution in [0.4, 0.5) is 19.0 Å². The summed E-state index contributed by atoms with van der Waals surface area (Å²) in [6.45, 7) is 8.47. The average Bonchev–Trinajstić information content (AvgIpc) is 3.97. The number of piperazine rings is 2. The van der Waals surface area contributed by atoms with E-state index in [4.69, 9.17) is 14.7 Å². The molecule has 2 aliphatic rings. The van der Waals surface area contributed by atoms with Crippen LogP contribution in [0.25, 0.3) is 22.5 Å². The number of hydrogen-bond acceptors (Lipinski definition) is 11. The van der Waals surface area contributed by atoms with Crippen LogP contribution in [0.3, 0.4) is 0 Å². The Morgan fingerprint density at radius 1 is 0.567 bits per heavy atom. The molecule has 0 bridgehead atoms. The molecule has 17 heteroatoms. The molecule has 2 saturated heterocycles. The highest BCUT2D eigenvalue weighted by atomic mass is 32.2. The predicted molar refractivity (Wildman–Crippen MR) is 235 cm³/mol. The van der Waals surface area contributed by atoms with Gasteiger partial charge in [0.2, 0.25) is 20.0 Å². The molecule has 0 spiro atoms. The molecule has 6 aromatic rings. The van der Waals surface area contributed by atoms with Crippen LogP contribution >= 0.6 is 22.7 Å². The summed E-state index contributed by atoms with van der Waals surface area (Å²) < 4.78 is 85.7. The molecular formula is C43H46F2N6O5S4. The van der Waals surface area contributed by atoms with E-state index in [-0.39, 0.29) is 9.79 Å². The van der Waals surface area contributed by atoms with E-state index < -0.39 is 31.7 Å². The quantitative estimate of drug-likeness (QED) is 0.120. The van der Waals surface area contributed by atoms with Gasteiger partial charge >= 0.3 is 0 Å². The van der Waals surface area contributed by atoms with Gasteiger partial charge in [0.15, 0.2) is 10.3 Å². The molecule has 0 amide bonds. The lowest BCUT2D eigenvalue weighted by atomic mass is 10.1. The van der Waals surface area contributed by atoms with Crippen molar-refractivity contribution in [1.82, 2.24) is 18.6 Å². The van der Waals surface area contributed by atoms with Crippen LogP contribution in [0, 0.1) is 11.6 Å². The van der Waals surface area contributed by atoms with E-state index in [1.165, 1.54) is 62.7 Å². The SMILES string of the molecule is CCCc1ccc(-c2csc(N3CCN(S(=O)(=O)c4ccc(F)cc4)CC3)n2)cc1.CCOc1ccc(-c2csc(N3CCN(S(=O)(=O)c4ccc(F)cc4)CC3)n2)cc1. The first-order chi connectivity index (χ1) is 28.9. The Kier molecular flexibility index (Phi) is 13.9. The second-order valence-electron chi connectivity index (χ2n) is 14.1. The molecule has 2 fully saturated rings. The first-order valence-corrected chi connectivity index (χ1v) is 24.3. The molecule has 316 valence electrons. The number of anilines is 2. The number of halogens is 2. The minimum atomic E-state index is -3.62. The van der Waals surface area contributed by atoms with E-state index in [0.717, 1.165) is 51.4 Å². The lowest BCUT2D eigenvalue weighted by Gasteiger charge is -2.33. The maximum atomic E-state index is 13.1. The zero-order valence-electron chi connectivity index (χ0n) is 33.3. The minimum Gasteiger partial charge on any atom is -0.494 e. The fourth-order valence-electron chi connectivity index (χ4n) is 6.85. The molecule has 4 aromatic carbocycles. The monoisotopic (exact) mass is 892 g/mol. The molecule has 0 saturated carbocycles. The molecular weight excluding hydrogens is 847 g/mol. The fourth-order valence-corrected chi connectivity index (χ4v) is 11.5. The van der Waals surface area contributed by atoms with Gasteiger partial charge in [-0.1, -0.05) is 37.6 Å². The normalized spacial score (nSPS) is 15.4. The van der Waals surface area contributed by atoms with Crippen LogP contribution in [0.5, 0.6) is 5.75 Å². The van der Waals surface area contributed by atoms with Crippen LogP contribution in [-0.2, 0) is 26.5 Å². The van der Waals surface area contributed by atoms with Gasteiger partial charge in [0.25, 0.3) is 0 Å². The highest BCUT2D eigenvalue weighted by Crippen LogP contribution is 2.31. The van der Waals surface area contributed by atoms with Crippen molar-refractivity contribution < 1.29 is 30.4 Å². The smallest absolute Gasteiger partial charge is 0.243 e. The first-order valence-electron chi connectivity index (χ1n) is 19.7. The predicted octanol–water partition coefficient (Wildman–Crippen LogP) is 8.27. The van der Waals surface area contributed by atoms with E-state index in [1.54, 1.807) is 22.7 Å². The van der Waals surface area contributed by atoms with Gasteiger partial charge in [-0.25, -0.2) is 35.6 Å². The Bertz CT molecular complexity index is 2360. The van der Waals surface area contributed by atoms with Gasteiger partial charge in [0.1, 0.15) is 17.4 Å². The van der Waals surface area contributed by atoms with Crippen LogP contribution < -0.4 is 14.5 Å². The van der Waals surface area contributed by atoms with Gasteiger partial charge in [0, 0.05) is 74.2 Å². The summed E-state index contributed by atoms with van der Waals surface area (Å²) >= 11 is 3.12. The maximum Gasteiger partial charge on any atom is 0.243 e. The highest BCUT2D eigenvalue weighted by molar-refractivity contribution is 7.89. The van der Waals surface area contributed by atoms with Crippen LogP contribution in [-0.4, -0.2) is 94.4 Å². The number of aryl methyl sites for hydroxylation is 1. The third-order valence-electron chi connectivity index (χ3n) is 10.2. The highest BCUT2D eigenvalue weighted by Gasteiger charge is 2.31.